The molecule has 0 aliphatic heterocycles. The number of ether oxygens (including phenoxy) is 2. The van der Waals surface area contributed by atoms with Crippen molar-refractivity contribution in [3.63, 3.8) is 0 Å². The minimum Gasteiger partial charge on any atom is -0.497 e. The Hall–Kier alpha value is -4.92. The molecule has 0 aliphatic rings. The fraction of sp³-hybridized carbons (Fsp3) is 0.324. The van der Waals surface area contributed by atoms with Crippen LogP contribution in [-0.2, 0) is 17.8 Å². The molecule has 1 amide bonds. The van der Waals surface area contributed by atoms with Crippen LogP contribution in [-0.4, -0.2) is 73.3 Å². The molecule has 0 saturated heterocycles. The zero-order valence-corrected chi connectivity index (χ0v) is 28.1. The molecular formula is C34H38ClN7O4. The molecule has 2 aromatic heterocycles. The maximum atomic E-state index is 14.1. The van der Waals surface area contributed by atoms with E-state index in [0.29, 0.717) is 51.7 Å². The molecule has 0 saturated carbocycles. The van der Waals surface area contributed by atoms with Crippen molar-refractivity contribution in [2.24, 2.45) is 0 Å². The Bertz CT molecular complexity index is 1910. The van der Waals surface area contributed by atoms with E-state index in [1.54, 1.807) is 55.2 Å². The number of hydrogen-bond acceptors (Lipinski definition) is 9. The molecule has 11 nitrogen and oxygen atoms in total. The standard InChI is InChI=1S/C34H38ClN7O4/c1-34(2,40(4)5)18-23(19-36)31(43)41(6)24-11-9-10-21(14-24)12-13-42-30-22(20-38-33(37-3)39-30)15-27(32(42)44)26-16-25(45-7)17-28(46-8)29(26)35/h9-11,14-18,20H,12-13H2,1-8H3,(H,37,38,39)/b23-18+. The van der Waals surface area contributed by atoms with E-state index in [9.17, 15) is 14.9 Å². The summed E-state index contributed by atoms with van der Waals surface area (Å²) in [5.41, 5.74) is 1.99. The Labute approximate surface area is 273 Å². The summed E-state index contributed by atoms with van der Waals surface area (Å²) in [6.07, 6.45) is 3.76. The summed E-state index contributed by atoms with van der Waals surface area (Å²) in [6, 6.07) is 14.6. The number of benzene rings is 2. The highest BCUT2D eigenvalue weighted by Crippen LogP contribution is 2.38. The summed E-state index contributed by atoms with van der Waals surface area (Å²) in [6.45, 7) is 4.13. The van der Waals surface area contributed by atoms with Crippen LogP contribution in [0.5, 0.6) is 11.5 Å². The number of carbonyl (C=O) groups excluding carboxylic acids is 1. The van der Waals surface area contributed by atoms with Gasteiger partial charge in [0.2, 0.25) is 5.95 Å². The Morgan fingerprint density at radius 1 is 1.13 bits per heavy atom. The fourth-order valence-corrected chi connectivity index (χ4v) is 5.09. The Balaban J connectivity index is 1.74. The van der Waals surface area contributed by atoms with Crippen LogP contribution in [0.15, 0.2) is 65.1 Å². The first kappa shape index (κ1) is 34.0. The number of pyridine rings is 1. The lowest BCUT2D eigenvalue weighted by atomic mass is 9.99. The summed E-state index contributed by atoms with van der Waals surface area (Å²) in [5.74, 6) is 0.819. The second-order valence-electron chi connectivity index (χ2n) is 11.4. The highest BCUT2D eigenvalue weighted by molar-refractivity contribution is 6.35. The molecule has 240 valence electrons. The maximum Gasteiger partial charge on any atom is 0.268 e. The predicted octanol–water partition coefficient (Wildman–Crippen LogP) is 5.17. The van der Waals surface area contributed by atoms with Crippen molar-refractivity contribution in [3.8, 4) is 28.7 Å². The average Bonchev–Trinajstić information content (AvgIpc) is 3.05. The number of halogens is 1. The molecular weight excluding hydrogens is 606 g/mol. The number of methoxy groups -OCH3 is 2. The molecule has 12 heteroatoms. The molecule has 0 spiro atoms. The van der Waals surface area contributed by atoms with Crippen LogP contribution in [0, 0.1) is 11.3 Å². The largest absolute Gasteiger partial charge is 0.497 e. The van der Waals surface area contributed by atoms with Gasteiger partial charge < -0.3 is 24.6 Å². The number of anilines is 2. The van der Waals surface area contributed by atoms with Crippen molar-refractivity contribution in [1.82, 2.24) is 19.4 Å². The number of nitrogens with one attached hydrogen (secondary N) is 1. The number of rotatable bonds is 11. The van der Waals surface area contributed by atoms with Crippen molar-refractivity contribution in [3.05, 3.63) is 81.3 Å². The summed E-state index contributed by atoms with van der Waals surface area (Å²) in [5, 5.41) is 13.6. The molecule has 0 radical (unpaired) electrons. The second-order valence-corrected chi connectivity index (χ2v) is 11.8. The minimum absolute atomic E-state index is 0.0503. The Morgan fingerprint density at radius 2 is 1.87 bits per heavy atom. The minimum atomic E-state index is -0.495. The number of nitrogens with zero attached hydrogens (tertiary/aromatic N) is 6. The first-order valence-corrected chi connectivity index (χ1v) is 14.9. The van der Waals surface area contributed by atoms with Gasteiger partial charge in [0.05, 0.1) is 19.2 Å². The topological polar surface area (TPSA) is 126 Å². The van der Waals surface area contributed by atoms with Crippen LogP contribution in [0.1, 0.15) is 19.4 Å². The van der Waals surface area contributed by atoms with Gasteiger partial charge in [0.15, 0.2) is 0 Å². The van der Waals surface area contributed by atoms with E-state index in [1.165, 1.54) is 19.1 Å². The van der Waals surface area contributed by atoms with E-state index in [0.717, 1.165) is 5.56 Å². The van der Waals surface area contributed by atoms with Gasteiger partial charge >= 0.3 is 0 Å². The summed E-state index contributed by atoms with van der Waals surface area (Å²) >= 11 is 6.70. The second kappa shape index (κ2) is 14.0. The van der Waals surface area contributed by atoms with Gasteiger partial charge in [0, 0.05) is 60.6 Å². The number of aromatic nitrogens is 3. The zero-order chi connectivity index (χ0) is 33.8. The molecule has 1 N–H and O–H groups in total. The number of fused-ring (bicyclic) bond motifs is 1. The molecule has 4 aromatic rings. The van der Waals surface area contributed by atoms with Crippen LogP contribution >= 0.6 is 11.6 Å². The van der Waals surface area contributed by atoms with Gasteiger partial charge in [0.1, 0.15) is 28.8 Å². The third kappa shape index (κ3) is 6.98. The van der Waals surface area contributed by atoms with E-state index in [1.807, 2.05) is 51.0 Å². The number of nitriles is 1. The van der Waals surface area contributed by atoms with Gasteiger partial charge in [-0.1, -0.05) is 23.7 Å². The third-order valence-electron chi connectivity index (χ3n) is 8.04. The fourth-order valence-electron chi connectivity index (χ4n) is 4.80. The number of amides is 1. The maximum absolute atomic E-state index is 14.1. The third-order valence-corrected chi connectivity index (χ3v) is 8.43. The molecule has 46 heavy (non-hydrogen) atoms. The normalized spacial score (nSPS) is 11.8. The van der Waals surface area contributed by atoms with Crippen molar-refractivity contribution >= 4 is 40.2 Å². The van der Waals surface area contributed by atoms with Gasteiger partial charge in [0.25, 0.3) is 11.5 Å². The molecule has 0 unspecified atom stereocenters. The van der Waals surface area contributed by atoms with Gasteiger partial charge in [-0.25, -0.2) is 4.98 Å². The molecule has 0 atom stereocenters. The summed E-state index contributed by atoms with van der Waals surface area (Å²) in [4.78, 5) is 39.8. The van der Waals surface area contributed by atoms with Crippen LogP contribution in [0.3, 0.4) is 0 Å². The van der Waals surface area contributed by atoms with Crippen molar-refractivity contribution in [2.45, 2.75) is 32.4 Å². The zero-order valence-electron chi connectivity index (χ0n) is 27.3. The van der Waals surface area contributed by atoms with Gasteiger partial charge in [-0.3, -0.25) is 14.2 Å². The molecule has 0 fully saturated rings. The van der Waals surface area contributed by atoms with Gasteiger partial charge in [-0.15, -0.1) is 0 Å². The first-order valence-electron chi connectivity index (χ1n) is 14.5. The first-order chi connectivity index (χ1) is 21.8. The highest BCUT2D eigenvalue weighted by Gasteiger charge is 2.24. The lowest BCUT2D eigenvalue weighted by molar-refractivity contribution is -0.114. The molecule has 4 rings (SSSR count). The van der Waals surface area contributed by atoms with E-state index < -0.39 is 11.4 Å². The monoisotopic (exact) mass is 643 g/mol. The van der Waals surface area contributed by atoms with Crippen LogP contribution < -0.4 is 25.2 Å². The van der Waals surface area contributed by atoms with Gasteiger partial charge in [-0.05, 0) is 70.3 Å². The predicted molar refractivity (Wildman–Crippen MR) is 182 cm³/mol. The van der Waals surface area contributed by atoms with Crippen molar-refractivity contribution in [1.29, 1.82) is 5.26 Å². The van der Waals surface area contributed by atoms with Gasteiger partial charge in [-0.2, -0.15) is 10.2 Å². The SMILES string of the molecule is CNc1ncc2cc(-c3cc(OC)cc(OC)c3Cl)c(=O)n(CCc3cccc(N(C)C(=O)/C(C#N)=C/C(C)(C)N(C)C)c3)c2n1. The lowest BCUT2D eigenvalue weighted by Gasteiger charge is -2.29. The number of hydrogen-bond donors (Lipinski definition) is 1. The molecule has 0 aliphatic carbocycles. The highest BCUT2D eigenvalue weighted by atomic mass is 35.5. The summed E-state index contributed by atoms with van der Waals surface area (Å²) in [7, 11) is 10.1. The number of likely N-dealkylation sites (N-methyl/N-ethyl adjacent to an activating group) is 2. The van der Waals surface area contributed by atoms with Crippen molar-refractivity contribution < 1.29 is 14.3 Å². The summed E-state index contributed by atoms with van der Waals surface area (Å²) < 4.78 is 12.5. The molecule has 2 aromatic carbocycles. The van der Waals surface area contributed by atoms with E-state index in [2.05, 4.69) is 21.4 Å². The van der Waals surface area contributed by atoms with E-state index in [-0.39, 0.29) is 22.7 Å². The van der Waals surface area contributed by atoms with E-state index in [4.69, 9.17) is 21.1 Å². The quantitative estimate of drug-likeness (QED) is 0.174. The number of aryl methyl sites for hydroxylation is 2. The van der Waals surface area contributed by atoms with Crippen LogP contribution in [0.4, 0.5) is 11.6 Å². The average molecular weight is 644 g/mol. The lowest BCUT2D eigenvalue weighted by Crippen LogP contribution is -2.37. The van der Waals surface area contributed by atoms with Crippen molar-refractivity contribution in [2.75, 3.05) is 52.6 Å². The van der Waals surface area contributed by atoms with Crippen LogP contribution in [0.25, 0.3) is 22.2 Å². The smallest absolute Gasteiger partial charge is 0.268 e. The Morgan fingerprint density at radius 3 is 2.50 bits per heavy atom. The molecule has 2 heterocycles. The van der Waals surface area contributed by atoms with Crippen LogP contribution in [0.2, 0.25) is 5.02 Å². The molecule has 0 bridgehead atoms. The number of carbonyl (C=O) groups is 1. The Kier molecular flexibility index (Phi) is 10.4. The van der Waals surface area contributed by atoms with E-state index >= 15 is 0 Å².